The third-order valence-electron chi connectivity index (χ3n) is 6.90. The van der Waals surface area contributed by atoms with Gasteiger partial charge in [0.15, 0.2) is 0 Å². The summed E-state index contributed by atoms with van der Waals surface area (Å²) >= 11 is 4.48. The first-order valence-electron chi connectivity index (χ1n) is 11.2. The van der Waals surface area contributed by atoms with Crippen molar-refractivity contribution in [1.82, 2.24) is 0 Å². The van der Waals surface area contributed by atoms with Gasteiger partial charge in [-0.1, -0.05) is 50.9 Å². The van der Waals surface area contributed by atoms with Crippen LogP contribution in [0.3, 0.4) is 0 Å². The Hall–Kier alpha value is -1.56. The maximum Gasteiger partial charge on any atom is 0.143 e. The molecule has 0 unspecified atom stereocenters. The number of halogens is 2. The summed E-state index contributed by atoms with van der Waals surface area (Å²) in [7, 11) is 0. The van der Waals surface area contributed by atoms with Gasteiger partial charge in [-0.15, -0.1) is 0 Å². The molecule has 1 aromatic rings. The third kappa shape index (κ3) is 6.21. The Morgan fingerprint density at radius 1 is 0.966 bits per heavy atom. The molecule has 0 N–H and O–H groups in total. The summed E-state index contributed by atoms with van der Waals surface area (Å²) < 4.78 is 28.3. The van der Waals surface area contributed by atoms with E-state index < -0.39 is 11.6 Å². The van der Waals surface area contributed by atoms with Crippen molar-refractivity contribution < 1.29 is 8.78 Å². The normalized spacial score (nSPS) is 26.9. The fraction of sp³-hybridized carbons (Fsp3) is 0.640. The van der Waals surface area contributed by atoms with Gasteiger partial charge < -0.3 is 0 Å². The van der Waals surface area contributed by atoms with Gasteiger partial charge in [-0.25, -0.2) is 8.78 Å². The highest BCUT2D eigenvalue weighted by Crippen LogP contribution is 2.42. The van der Waals surface area contributed by atoms with Crippen LogP contribution in [0.1, 0.15) is 83.1 Å². The number of benzene rings is 1. The van der Waals surface area contributed by atoms with Crippen LogP contribution >= 0.6 is 12.2 Å². The second-order valence-electron chi connectivity index (χ2n) is 8.79. The van der Waals surface area contributed by atoms with Crippen molar-refractivity contribution in [3.63, 3.8) is 0 Å². The SMILES string of the molecule is CCCCC1CCC(C2CCC(C#Cc3c(F)cc(N=C=S)cc3F)CC2)CC1. The van der Waals surface area contributed by atoms with Gasteiger partial charge in [0, 0.05) is 18.1 Å². The van der Waals surface area contributed by atoms with Crippen molar-refractivity contribution in [3.05, 3.63) is 29.3 Å². The van der Waals surface area contributed by atoms with Gasteiger partial charge in [-0.3, -0.25) is 0 Å². The van der Waals surface area contributed by atoms with Crippen LogP contribution in [0.25, 0.3) is 0 Å². The zero-order valence-electron chi connectivity index (χ0n) is 17.4. The van der Waals surface area contributed by atoms with Gasteiger partial charge in [0.1, 0.15) is 11.6 Å². The van der Waals surface area contributed by atoms with Crippen LogP contribution in [0.5, 0.6) is 0 Å². The zero-order valence-corrected chi connectivity index (χ0v) is 18.2. The molecular formula is C25H31F2NS. The number of hydrogen-bond acceptors (Lipinski definition) is 2. The predicted octanol–water partition coefficient (Wildman–Crippen LogP) is 7.85. The van der Waals surface area contributed by atoms with Crippen LogP contribution in [0.15, 0.2) is 17.1 Å². The first-order chi connectivity index (χ1) is 14.1. The van der Waals surface area contributed by atoms with Crippen LogP contribution in [0.4, 0.5) is 14.5 Å². The molecule has 156 valence electrons. The molecule has 0 aliphatic heterocycles. The molecule has 0 amide bonds. The molecule has 2 aliphatic rings. The lowest BCUT2D eigenvalue weighted by atomic mass is 9.69. The minimum Gasteiger partial charge on any atom is -0.205 e. The molecule has 1 nitrogen and oxygen atoms in total. The average Bonchev–Trinajstić information content (AvgIpc) is 2.73. The zero-order chi connectivity index (χ0) is 20.6. The van der Waals surface area contributed by atoms with Crippen LogP contribution in [0.2, 0.25) is 0 Å². The van der Waals surface area contributed by atoms with Gasteiger partial charge >= 0.3 is 0 Å². The van der Waals surface area contributed by atoms with Crippen molar-refractivity contribution in [1.29, 1.82) is 0 Å². The Balaban J connectivity index is 1.51. The number of aliphatic imine (C=N–C) groups is 1. The molecule has 2 fully saturated rings. The molecule has 0 heterocycles. The number of thiocarbonyl (C=S) groups is 1. The Kier molecular flexibility index (Phi) is 8.40. The largest absolute Gasteiger partial charge is 0.205 e. The lowest BCUT2D eigenvalue weighted by Gasteiger charge is -2.37. The highest BCUT2D eigenvalue weighted by molar-refractivity contribution is 7.78. The predicted molar refractivity (Wildman–Crippen MR) is 118 cm³/mol. The number of rotatable bonds is 5. The summed E-state index contributed by atoms with van der Waals surface area (Å²) in [4.78, 5) is 3.63. The molecule has 2 aliphatic carbocycles. The minimum absolute atomic E-state index is 0.130. The standard InChI is InChI=1S/C25H31F2NS/c1-2-3-4-18-5-10-20(11-6-18)21-12-7-19(8-13-21)9-14-23-24(26)15-22(28-17-29)16-25(23)27/h15-16,18-21H,2-8,10-13H2,1H3. The van der Waals surface area contributed by atoms with E-state index in [9.17, 15) is 8.78 Å². The number of nitrogens with zero attached hydrogens (tertiary/aromatic N) is 1. The van der Waals surface area contributed by atoms with E-state index in [1.165, 1.54) is 57.8 Å². The molecule has 3 rings (SSSR count). The Bertz CT molecular complexity index is 764. The van der Waals surface area contributed by atoms with Crippen molar-refractivity contribution in [2.75, 3.05) is 0 Å². The monoisotopic (exact) mass is 415 g/mol. The second kappa shape index (κ2) is 11.0. The maximum absolute atomic E-state index is 14.1. The van der Waals surface area contributed by atoms with Gasteiger partial charge in [-0.2, -0.15) is 4.99 Å². The number of unbranched alkanes of at least 4 members (excludes halogenated alkanes) is 1. The fourth-order valence-corrected chi connectivity index (χ4v) is 5.25. The number of hydrogen-bond donors (Lipinski definition) is 0. The molecule has 0 saturated heterocycles. The molecular weight excluding hydrogens is 384 g/mol. The maximum atomic E-state index is 14.1. The highest BCUT2D eigenvalue weighted by Gasteiger charge is 2.30. The Labute approximate surface area is 179 Å². The van der Waals surface area contributed by atoms with E-state index in [2.05, 4.69) is 41.1 Å². The molecule has 0 aromatic heterocycles. The highest BCUT2D eigenvalue weighted by atomic mass is 32.1. The van der Waals surface area contributed by atoms with Gasteiger partial charge in [0.2, 0.25) is 0 Å². The molecule has 0 radical (unpaired) electrons. The summed E-state index contributed by atoms with van der Waals surface area (Å²) in [5.41, 5.74) is -0.0358. The third-order valence-corrected chi connectivity index (χ3v) is 6.99. The topological polar surface area (TPSA) is 12.4 Å². The summed E-state index contributed by atoms with van der Waals surface area (Å²) in [6, 6.07) is 2.31. The van der Waals surface area contributed by atoms with Crippen LogP contribution < -0.4 is 0 Å². The van der Waals surface area contributed by atoms with Gasteiger partial charge in [-0.05, 0) is 68.5 Å². The summed E-state index contributed by atoms with van der Waals surface area (Å²) in [6.45, 7) is 2.28. The van der Waals surface area contributed by atoms with E-state index in [1.54, 1.807) is 0 Å². The van der Waals surface area contributed by atoms with E-state index in [4.69, 9.17) is 0 Å². The summed E-state index contributed by atoms with van der Waals surface area (Å²) in [6.07, 6.45) is 14.2. The van der Waals surface area contributed by atoms with Gasteiger partial charge in [0.05, 0.1) is 16.4 Å². The van der Waals surface area contributed by atoms with E-state index >= 15 is 0 Å². The average molecular weight is 416 g/mol. The van der Waals surface area contributed by atoms with E-state index in [0.29, 0.717) is 0 Å². The quantitative estimate of drug-likeness (QED) is 0.271. The van der Waals surface area contributed by atoms with Crippen molar-refractivity contribution >= 4 is 23.1 Å². The molecule has 0 atom stereocenters. The lowest BCUT2D eigenvalue weighted by Crippen LogP contribution is -2.25. The van der Waals surface area contributed by atoms with Crippen LogP contribution in [0, 0.1) is 47.1 Å². The Morgan fingerprint density at radius 3 is 2.10 bits per heavy atom. The minimum atomic E-state index is -0.685. The van der Waals surface area contributed by atoms with Gasteiger partial charge in [0.25, 0.3) is 0 Å². The molecule has 0 spiro atoms. The lowest BCUT2D eigenvalue weighted by molar-refractivity contribution is 0.153. The molecule has 4 heteroatoms. The van der Waals surface area contributed by atoms with Crippen LogP contribution in [-0.2, 0) is 0 Å². The van der Waals surface area contributed by atoms with E-state index in [-0.39, 0.29) is 17.2 Å². The Morgan fingerprint density at radius 2 is 1.55 bits per heavy atom. The van der Waals surface area contributed by atoms with E-state index in [1.807, 2.05) is 0 Å². The van der Waals surface area contributed by atoms with Crippen molar-refractivity contribution in [2.45, 2.75) is 77.6 Å². The van der Waals surface area contributed by atoms with Crippen molar-refractivity contribution in [2.24, 2.45) is 28.7 Å². The van der Waals surface area contributed by atoms with Crippen LogP contribution in [-0.4, -0.2) is 5.16 Å². The molecule has 2 saturated carbocycles. The first-order valence-corrected chi connectivity index (χ1v) is 11.6. The van der Waals surface area contributed by atoms with Crippen molar-refractivity contribution in [3.8, 4) is 11.8 Å². The fourth-order valence-electron chi connectivity index (χ4n) is 5.15. The van der Waals surface area contributed by atoms with E-state index in [0.717, 1.165) is 42.7 Å². The summed E-state index contributed by atoms with van der Waals surface area (Å²) in [5, 5.41) is 2.12. The molecule has 1 aromatic carbocycles. The molecule has 29 heavy (non-hydrogen) atoms. The second-order valence-corrected chi connectivity index (χ2v) is 8.97. The smallest absolute Gasteiger partial charge is 0.143 e. The number of isothiocyanates is 1. The summed E-state index contributed by atoms with van der Waals surface area (Å²) in [5.74, 6) is 7.41. The molecule has 0 bridgehead atoms. The first kappa shape index (κ1) is 22.1.